The Bertz CT molecular complexity index is 1230. The van der Waals surface area contributed by atoms with E-state index in [2.05, 4.69) is 32.2 Å². The number of benzene rings is 2. The first-order valence-electron chi connectivity index (χ1n) is 12.3. The van der Waals surface area contributed by atoms with E-state index in [4.69, 9.17) is 4.74 Å². The molecule has 7 heteroatoms. The van der Waals surface area contributed by atoms with E-state index in [0.29, 0.717) is 43.1 Å². The second-order valence-corrected chi connectivity index (χ2v) is 9.37. The van der Waals surface area contributed by atoms with Gasteiger partial charge in [-0.05, 0) is 48.9 Å². The van der Waals surface area contributed by atoms with Crippen molar-refractivity contribution in [1.29, 1.82) is 0 Å². The predicted octanol–water partition coefficient (Wildman–Crippen LogP) is 4.23. The highest BCUT2D eigenvalue weighted by Gasteiger charge is 2.29. The first-order chi connectivity index (χ1) is 16.7. The van der Waals surface area contributed by atoms with Gasteiger partial charge >= 0.3 is 0 Å². The molecule has 0 bridgehead atoms. The molecule has 3 aliphatic rings. The van der Waals surface area contributed by atoms with E-state index >= 15 is 4.39 Å². The van der Waals surface area contributed by atoms with E-state index < -0.39 is 0 Å². The van der Waals surface area contributed by atoms with E-state index in [0.717, 1.165) is 49.8 Å². The van der Waals surface area contributed by atoms with Gasteiger partial charge in [-0.2, -0.15) is 0 Å². The summed E-state index contributed by atoms with van der Waals surface area (Å²) < 4.78 is 20.6. The molecule has 1 N–H and O–H groups in total. The Kier molecular flexibility index (Phi) is 5.57. The lowest BCUT2D eigenvalue weighted by molar-refractivity contribution is 0.0935. The molecule has 2 fully saturated rings. The lowest BCUT2D eigenvalue weighted by Crippen LogP contribution is -2.38. The molecule has 1 amide bonds. The summed E-state index contributed by atoms with van der Waals surface area (Å²) >= 11 is 0. The molecule has 1 aromatic heterocycles. The molecule has 176 valence electrons. The minimum Gasteiger partial charge on any atom is -0.378 e. The van der Waals surface area contributed by atoms with Crippen LogP contribution in [0, 0.1) is 5.82 Å². The number of hydrogen-bond acceptors (Lipinski definition) is 5. The van der Waals surface area contributed by atoms with Crippen LogP contribution in [-0.2, 0) is 11.2 Å². The quantitative estimate of drug-likeness (QED) is 0.632. The molecule has 6 rings (SSSR count). The van der Waals surface area contributed by atoms with Gasteiger partial charge in [-0.15, -0.1) is 0 Å². The monoisotopic (exact) mass is 460 g/mol. The van der Waals surface area contributed by atoms with Gasteiger partial charge in [0, 0.05) is 37.8 Å². The van der Waals surface area contributed by atoms with Gasteiger partial charge in [-0.3, -0.25) is 9.78 Å². The molecule has 0 spiro atoms. The lowest BCUT2D eigenvalue weighted by atomic mass is 10.0. The zero-order valence-electron chi connectivity index (χ0n) is 19.2. The Balaban J connectivity index is 1.43. The van der Waals surface area contributed by atoms with Crippen LogP contribution in [0.5, 0.6) is 0 Å². The summed E-state index contributed by atoms with van der Waals surface area (Å²) in [4.78, 5) is 22.6. The zero-order valence-corrected chi connectivity index (χ0v) is 19.2. The summed E-state index contributed by atoms with van der Waals surface area (Å²) in [5.41, 5.74) is 5.04. The number of anilines is 2. The van der Waals surface area contributed by atoms with Crippen LogP contribution in [0.4, 0.5) is 15.8 Å². The number of fused-ring (bicyclic) bond motifs is 2. The van der Waals surface area contributed by atoms with Crippen LogP contribution in [0.3, 0.4) is 0 Å². The molecule has 2 aromatic carbocycles. The van der Waals surface area contributed by atoms with Gasteiger partial charge in [-0.25, -0.2) is 4.39 Å². The van der Waals surface area contributed by atoms with Crippen molar-refractivity contribution in [3.8, 4) is 0 Å². The van der Waals surface area contributed by atoms with Crippen molar-refractivity contribution < 1.29 is 13.9 Å². The van der Waals surface area contributed by atoms with E-state index in [1.54, 1.807) is 12.3 Å². The fourth-order valence-electron chi connectivity index (χ4n) is 5.69. The normalized spacial score (nSPS) is 20.1. The average Bonchev–Trinajstić information content (AvgIpc) is 3.54. The SMILES string of the molecule is O=C(N[C@H]1CCc2ccccc21)c1cnc2c(N3CCCC3)c(F)ccc2c1N1CCOCC1. The fourth-order valence-corrected chi connectivity index (χ4v) is 5.69. The van der Waals surface area contributed by atoms with Crippen molar-refractivity contribution in [2.75, 3.05) is 49.2 Å². The molecule has 1 aliphatic carbocycles. The molecular weight excluding hydrogens is 431 g/mol. The molecule has 34 heavy (non-hydrogen) atoms. The molecule has 1 atom stereocenters. The van der Waals surface area contributed by atoms with Crippen LogP contribution in [0.1, 0.15) is 46.8 Å². The van der Waals surface area contributed by atoms with E-state index in [9.17, 15) is 4.79 Å². The predicted molar refractivity (Wildman–Crippen MR) is 131 cm³/mol. The maximum Gasteiger partial charge on any atom is 0.255 e. The number of nitrogens with one attached hydrogen (secondary N) is 1. The second-order valence-electron chi connectivity index (χ2n) is 9.37. The van der Waals surface area contributed by atoms with Crippen molar-refractivity contribution in [1.82, 2.24) is 10.3 Å². The highest BCUT2D eigenvalue weighted by Crippen LogP contribution is 2.38. The molecule has 2 aliphatic heterocycles. The van der Waals surface area contributed by atoms with Crippen LogP contribution in [0.15, 0.2) is 42.6 Å². The van der Waals surface area contributed by atoms with Crippen LogP contribution in [0.2, 0.25) is 0 Å². The van der Waals surface area contributed by atoms with Gasteiger partial charge in [-0.1, -0.05) is 24.3 Å². The lowest BCUT2D eigenvalue weighted by Gasteiger charge is -2.32. The molecule has 0 unspecified atom stereocenters. The number of rotatable bonds is 4. The van der Waals surface area contributed by atoms with E-state index in [1.165, 1.54) is 17.2 Å². The molecule has 3 aromatic rings. The van der Waals surface area contributed by atoms with E-state index in [1.807, 2.05) is 12.1 Å². The maximum absolute atomic E-state index is 15.0. The summed E-state index contributed by atoms with van der Waals surface area (Å²) in [5, 5.41) is 4.08. The highest BCUT2D eigenvalue weighted by atomic mass is 19.1. The van der Waals surface area contributed by atoms with Crippen molar-refractivity contribution >= 4 is 28.2 Å². The average molecular weight is 461 g/mol. The summed E-state index contributed by atoms with van der Waals surface area (Å²) in [6.45, 7) is 4.22. The summed E-state index contributed by atoms with van der Waals surface area (Å²) in [7, 11) is 0. The van der Waals surface area contributed by atoms with Gasteiger partial charge in [0.15, 0.2) is 0 Å². The Labute approximate surface area is 198 Å². The second kappa shape index (κ2) is 8.87. The van der Waals surface area contributed by atoms with Gasteiger partial charge in [0.2, 0.25) is 0 Å². The van der Waals surface area contributed by atoms with Gasteiger partial charge < -0.3 is 19.9 Å². The number of aromatic nitrogens is 1. The third-order valence-corrected chi connectivity index (χ3v) is 7.37. The standard InChI is InChI=1S/C27H29FN4O2/c28-22-9-8-20-24(26(22)31-11-3-4-12-31)29-17-21(25(20)32-13-15-34-16-14-32)27(33)30-23-10-7-18-5-1-2-6-19(18)23/h1-2,5-6,8-9,17,23H,3-4,7,10-16H2,(H,30,33)/t23-/m0/s1. The summed E-state index contributed by atoms with van der Waals surface area (Å²) in [6.07, 6.45) is 5.60. The van der Waals surface area contributed by atoms with Gasteiger partial charge in [0.05, 0.1) is 41.7 Å². The Morgan fingerprint density at radius 1 is 1.00 bits per heavy atom. The van der Waals surface area contributed by atoms with Crippen molar-refractivity contribution in [2.45, 2.75) is 31.7 Å². The van der Waals surface area contributed by atoms with Crippen LogP contribution >= 0.6 is 0 Å². The smallest absolute Gasteiger partial charge is 0.255 e. The first kappa shape index (κ1) is 21.4. The fraction of sp³-hybridized carbons (Fsp3) is 0.407. The minimum absolute atomic E-state index is 0.00897. The number of hydrogen-bond donors (Lipinski definition) is 1. The number of pyridine rings is 1. The summed E-state index contributed by atoms with van der Waals surface area (Å²) in [6, 6.07) is 11.6. The highest BCUT2D eigenvalue weighted by molar-refractivity contribution is 6.10. The number of nitrogens with zero attached hydrogens (tertiary/aromatic N) is 3. The number of aryl methyl sites for hydroxylation is 1. The molecule has 0 radical (unpaired) electrons. The van der Waals surface area contributed by atoms with Crippen molar-refractivity contribution in [2.24, 2.45) is 0 Å². The third-order valence-electron chi connectivity index (χ3n) is 7.37. The van der Waals surface area contributed by atoms with Crippen LogP contribution in [0.25, 0.3) is 10.9 Å². The number of ether oxygens (including phenoxy) is 1. The van der Waals surface area contributed by atoms with Crippen molar-refractivity contribution in [3.05, 3.63) is 65.1 Å². The molecule has 6 nitrogen and oxygen atoms in total. The Hall–Kier alpha value is -3.19. The number of morpholine rings is 1. The first-order valence-corrected chi connectivity index (χ1v) is 12.3. The number of halogens is 1. The van der Waals surface area contributed by atoms with Gasteiger partial charge in [0.1, 0.15) is 5.82 Å². The Morgan fingerprint density at radius 2 is 1.76 bits per heavy atom. The number of carbonyl (C=O) groups is 1. The number of carbonyl (C=O) groups excluding carboxylic acids is 1. The topological polar surface area (TPSA) is 57.7 Å². The summed E-state index contributed by atoms with van der Waals surface area (Å²) in [5.74, 6) is -0.390. The third kappa shape index (κ3) is 3.68. The van der Waals surface area contributed by atoms with Crippen LogP contribution < -0.4 is 15.1 Å². The molecule has 0 saturated carbocycles. The largest absolute Gasteiger partial charge is 0.378 e. The maximum atomic E-state index is 15.0. The molecule has 3 heterocycles. The number of amides is 1. The molecular formula is C27H29FN4O2. The molecule has 2 saturated heterocycles. The van der Waals surface area contributed by atoms with Gasteiger partial charge in [0.25, 0.3) is 5.91 Å². The van der Waals surface area contributed by atoms with Crippen LogP contribution in [-0.4, -0.2) is 50.3 Å². The van der Waals surface area contributed by atoms with E-state index in [-0.39, 0.29) is 17.8 Å². The van der Waals surface area contributed by atoms with Crippen molar-refractivity contribution in [3.63, 3.8) is 0 Å². The Morgan fingerprint density at radius 3 is 2.59 bits per heavy atom. The minimum atomic E-state index is -0.255. The zero-order chi connectivity index (χ0) is 23.1.